The van der Waals surface area contributed by atoms with Gasteiger partial charge >= 0.3 is 0 Å². The standard InChI is InChI=1S/C23H26N2O3/c1-26-20-12-11-18(14-21(20)27-2)23-22(17-8-4-3-5-9-17)24-16-25(23)15-19-10-6-7-13-28-19/h3-5,8-9,11-12,14,16,19H,6-7,10,13,15H2,1-2H3/t19-/m1/s1. The quantitative estimate of drug-likeness (QED) is 0.618. The number of hydrogen-bond donors (Lipinski definition) is 0. The molecule has 1 fully saturated rings. The Kier molecular flexibility index (Phi) is 5.63. The molecule has 4 rings (SSSR count). The van der Waals surface area contributed by atoms with Gasteiger partial charge in [-0.25, -0.2) is 4.98 Å². The van der Waals surface area contributed by atoms with E-state index < -0.39 is 0 Å². The summed E-state index contributed by atoms with van der Waals surface area (Å²) >= 11 is 0. The van der Waals surface area contributed by atoms with E-state index in [4.69, 9.17) is 19.2 Å². The second-order valence-corrected chi connectivity index (χ2v) is 7.02. The third-order valence-corrected chi connectivity index (χ3v) is 5.22. The van der Waals surface area contributed by atoms with Gasteiger partial charge in [0, 0.05) is 17.7 Å². The van der Waals surface area contributed by atoms with Gasteiger partial charge in [-0.2, -0.15) is 0 Å². The van der Waals surface area contributed by atoms with E-state index in [2.05, 4.69) is 22.8 Å². The SMILES string of the molecule is COc1ccc(-c2c(-c3ccccc3)ncn2C[C@H]2CCCCO2)cc1OC. The van der Waals surface area contributed by atoms with Crippen LogP contribution in [0.2, 0.25) is 0 Å². The van der Waals surface area contributed by atoms with Gasteiger partial charge in [-0.3, -0.25) is 0 Å². The Morgan fingerprint density at radius 1 is 1.00 bits per heavy atom. The summed E-state index contributed by atoms with van der Waals surface area (Å²) in [5.74, 6) is 1.43. The highest BCUT2D eigenvalue weighted by molar-refractivity contribution is 5.79. The molecule has 0 aliphatic carbocycles. The fraction of sp³-hybridized carbons (Fsp3) is 0.348. The van der Waals surface area contributed by atoms with E-state index in [1.165, 1.54) is 6.42 Å². The van der Waals surface area contributed by atoms with Crippen LogP contribution in [0, 0.1) is 0 Å². The summed E-state index contributed by atoms with van der Waals surface area (Å²) in [6.45, 7) is 1.64. The van der Waals surface area contributed by atoms with Gasteiger partial charge in [0.15, 0.2) is 11.5 Å². The summed E-state index contributed by atoms with van der Waals surface area (Å²) in [7, 11) is 3.31. The molecule has 28 heavy (non-hydrogen) atoms. The van der Waals surface area contributed by atoms with Crippen molar-refractivity contribution >= 4 is 0 Å². The molecular formula is C23H26N2O3. The first-order valence-electron chi connectivity index (χ1n) is 9.74. The topological polar surface area (TPSA) is 45.5 Å². The molecule has 0 radical (unpaired) electrons. The normalized spacial score (nSPS) is 16.7. The van der Waals surface area contributed by atoms with E-state index >= 15 is 0 Å². The maximum Gasteiger partial charge on any atom is 0.161 e. The van der Waals surface area contributed by atoms with Gasteiger partial charge in [-0.15, -0.1) is 0 Å². The van der Waals surface area contributed by atoms with Crippen LogP contribution in [0.5, 0.6) is 11.5 Å². The van der Waals surface area contributed by atoms with E-state index in [-0.39, 0.29) is 6.10 Å². The molecule has 1 aromatic heterocycles. The molecule has 5 nitrogen and oxygen atoms in total. The molecule has 0 N–H and O–H groups in total. The predicted octanol–water partition coefficient (Wildman–Crippen LogP) is 4.80. The number of imidazole rings is 1. The number of hydrogen-bond acceptors (Lipinski definition) is 4. The number of benzene rings is 2. The number of ether oxygens (including phenoxy) is 3. The van der Waals surface area contributed by atoms with Crippen LogP contribution in [0.15, 0.2) is 54.9 Å². The zero-order chi connectivity index (χ0) is 19.3. The van der Waals surface area contributed by atoms with Crippen molar-refractivity contribution in [3.05, 3.63) is 54.9 Å². The zero-order valence-electron chi connectivity index (χ0n) is 16.4. The highest BCUT2D eigenvalue weighted by Gasteiger charge is 2.21. The lowest BCUT2D eigenvalue weighted by atomic mass is 10.0. The fourth-order valence-corrected chi connectivity index (χ4v) is 3.78. The van der Waals surface area contributed by atoms with E-state index in [1.807, 2.05) is 36.7 Å². The lowest BCUT2D eigenvalue weighted by molar-refractivity contribution is 0.00623. The summed E-state index contributed by atoms with van der Waals surface area (Å²) in [5, 5.41) is 0. The molecule has 0 bridgehead atoms. The summed E-state index contributed by atoms with van der Waals surface area (Å²) in [6.07, 6.45) is 5.61. The van der Waals surface area contributed by atoms with Gasteiger partial charge < -0.3 is 18.8 Å². The van der Waals surface area contributed by atoms with Crippen molar-refractivity contribution in [2.24, 2.45) is 0 Å². The Morgan fingerprint density at radius 3 is 2.54 bits per heavy atom. The van der Waals surface area contributed by atoms with Crippen molar-refractivity contribution in [2.45, 2.75) is 31.9 Å². The van der Waals surface area contributed by atoms with Crippen molar-refractivity contribution in [3.63, 3.8) is 0 Å². The average Bonchev–Trinajstić information content (AvgIpc) is 3.18. The molecule has 0 spiro atoms. The van der Waals surface area contributed by atoms with Gasteiger partial charge in [0.25, 0.3) is 0 Å². The molecule has 0 amide bonds. The molecule has 3 aromatic rings. The third kappa shape index (κ3) is 3.76. The van der Waals surface area contributed by atoms with Crippen LogP contribution in [0.25, 0.3) is 22.5 Å². The highest BCUT2D eigenvalue weighted by Crippen LogP contribution is 2.37. The van der Waals surface area contributed by atoms with Gasteiger partial charge in [-0.1, -0.05) is 30.3 Å². The number of rotatable bonds is 6. The molecule has 1 saturated heterocycles. The highest BCUT2D eigenvalue weighted by atomic mass is 16.5. The van der Waals surface area contributed by atoms with Crippen molar-refractivity contribution in [1.82, 2.24) is 9.55 Å². The van der Waals surface area contributed by atoms with E-state index in [1.54, 1.807) is 14.2 Å². The van der Waals surface area contributed by atoms with Crippen molar-refractivity contribution in [3.8, 4) is 34.0 Å². The molecule has 1 aliphatic heterocycles. The minimum atomic E-state index is 0.227. The lowest BCUT2D eigenvalue weighted by Gasteiger charge is -2.24. The van der Waals surface area contributed by atoms with Crippen LogP contribution >= 0.6 is 0 Å². The van der Waals surface area contributed by atoms with Crippen molar-refractivity contribution < 1.29 is 14.2 Å². The summed E-state index contributed by atoms with van der Waals surface area (Å²) in [6, 6.07) is 16.3. The monoisotopic (exact) mass is 378 g/mol. The zero-order valence-corrected chi connectivity index (χ0v) is 16.4. The average molecular weight is 378 g/mol. The van der Waals surface area contributed by atoms with Crippen LogP contribution in [-0.4, -0.2) is 36.5 Å². The van der Waals surface area contributed by atoms with E-state index in [9.17, 15) is 0 Å². The molecule has 1 aliphatic rings. The van der Waals surface area contributed by atoms with Crippen LogP contribution in [0.3, 0.4) is 0 Å². The summed E-state index contributed by atoms with van der Waals surface area (Å²) in [5.41, 5.74) is 4.17. The lowest BCUT2D eigenvalue weighted by Crippen LogP contribution is -2.24. The second-order valence-electron chi connectivity index (χ2n) is 7.02. The molecule has 2 heterocycles. The molecular weight excluding hydrogens is 352 g/mol. The Bertz CT molecular complexity index is 915. The Hall–Kier alpha value is -2.79. The molecule has 5 heteroatoms. The van der Waals surface area contributed by atoms with E-state index in [0.717, 1.165) is 48.5 Å². The largest absolute Gasteiger partial charge is 0.493 e. The molecule has 0 saturated carbocycles. The fourth-order valence-electron chi connectivity index (χ4n) is 3.78. The van der Waals surface area contributed by atoms with Gasteiger partial charge in [0.1, 0.15) is 0 Å². The maximum atomic E-state index is 5.98. The van der Waals surface area contributed by atoms with Crippen molar-refractivity contribution in [2.75, 3.05) is 20.8 Å². The Balaban J connectivity index is 1.79. The second kappa shape index (κ2) is 8.48. The Labute approximate surface area is 165 Å². The first kappa shape index (κ1) is 18.6. The Morgan fingerprint density at radius 2 is 1.82 bits per heavy atom. The number of nitrogens with zero attached hydrogens (tertiary/aromatic N) is 2. The van der Waals surface area contributed by atoms with Gasteiger partial charge in [0.05, 0.1) is 44.6 Å². The van der Waals surface area contributed by atoms with Gasteiger partial charge in [0.2, 0.25) is 0 Å². The van der Waals surface area contributed by atoms with Crippen LogP contribution in [-0.2, 0) is 11.3 Å². The van der Waals surface area contributed by atoms with Gasteiger partial charge in [-0.05, 0) is 37.5 Å². The predicted molar refractivity (Wildman–Crippen MR) is 110 cm³/mol. The van der Waals surface area contributed by atoms with Crippen LogP contribution in [0.1, 0.15) is 19.3 Å². The number of methoxy groups -OCH3 is 2. The molecule has 0 unspecified atom stereocenters. The van der Waals surface area contributed by atoms with Crippen molar-refractivity contribution in [1.29, 1.82) is 0 Å². The first-order valence-corrected chi connectivity index (χ1v) is 9.74. The maximum absolute atomic E-state index is 5.98. The smallest absolute Gasteiger partial charge is 0.161 e. The first-order chi connectivity index (χ1) is 13.8. The van der Waals surface area contributed by atoms with Crippen LogP contribution < -0.4 is 9.47 Å². The summed E-state index contributed by atoms with van der Waals surface area (Å²) < 4.78 is 19.1. The van der Waals surface area contributed by atoms with Crippen LogP contribution in [0.4, 0.5) is 0 Å². The summed E-state index contributed by atoms with van der Waals surface area (Å²) in [4.78, 5) is 4.76. The third-order valence-electron chi connectivity index (χ3n) is 5.22. The minimum absolute atomic E-state index is 0.227. The molecule has 146 valence electrons. The number of aromatic nitrogens is 2. The van der Waals surface area contributed by atoms with E-state index in [0.29, 0.717) is 11.5 Å². The molecule has 1 atom stereocenters. The minimum Gasteiger partial charge on any atom is -0.493 e. The molecule has 2 aromatic carbocycles.